The minimum Gasteiger partial charge on any atom is -0.475 e. The third-order valence-corrected chi connectivity index (χ3v) is 5.43. The predicted molar refractivity (Wildman–Crippen MR) is 111 cm³/mol. The Labute approximate surface area is 181 Å². The summed E-state index contributed by atoms with van der Waals surface area (Å²) in [6.45, 7) is 4.98. The summed E-state index contributed by atoms with van der Waals surface area (Å²) in [6.07, 6.45) is -1.41. The number of aliphatic carboxylic acids is 1. The quantitative estimate of drug-likeness (QED) is 0.646. The molecule has 0 radical (unpaired) electrons. The molecule has 0 amide bonds. The zero-order valence-corrected chi connectivity index (χ0v) is 17.6. The van der Waals surface area contributed by atoms with Crippen LogP contribution in [0.5, 0.6) is 0 Å². The van der Waals surface area contributed by atoms with Crippen LogP contribution in [0.4, 0.5) is 13.2 Å². The van der Waals surface area contributed by atoms with Crippen molar-refractivity contribution in [3.63, 3.8) is 0 Å². The predicted octanol–water partition coefficient (Wildman–Crippen LogP) is 4.14. The molecule has 164 valence electrons. The zero-order valence-electron chi connectivity index (χ0n) is 16.8. The first-order chi connectivity index (χ1) is 14.7. The van der Waals surface area contributed by atoms with Gasteiger partial charge >= 0.3 is 12.1 Å². The third-order valence-electron chi connectivity index (χ3n) is 4.75. The fraction of sp³-hybridized carbons (Fsp3) is 0.333. The maximum absolute atomic E-state index is 10.6. The Morgan fingerprint density at radius 2 is 1.94 bits per heavy atom. The van der Waals surface area contributed by atoms with Crippen molar-refractivity contribution in [3.8, 4) is 11.3 Å². The van der Waals surface area contributed by atoms with Gasteiger partial charge in [0.1, 0.15) is 6.33 Å². The fourth-order valence-corrected chi connectivity index (χ4v) is 3.94. The molecule has 3 aromatic rings. The van der Waals surface area contributed by atoms with Gasteiger partial charge in [-0.2, -0.15) is 24.5 Å². The van der Waals surface area contributed by atoms with Crippen molar-refractivity contribution >= 4 is 17.3 Å². The number of hydrogen-bond donors (Lipinski definition) is 1. The number of alkyl halides is 3. The zero-order chi connectivity index (χ0) is 22.4. The first-order valence-electron chi connectivity index (χ1n) is 9.54. The summed E-state index contributed by atoms with van der Waals surface area (Å²) in [4.78, 5) is 25.1. The van der Waals surface area contributed by atoms with Crippen LogP contribution >= 0.6 is 11.3 Å². The molecule has 6 nitrogen and oxygen atoms in total. The van der Waals surface area contributed by atoms with Gasteiger partial charge in [0.25, 0.3) is 0 Å². The highest BCUT2D eigenvalue weighted by molar-refractivity contribution is 7.08. The Bertz CT molecular complexity index is 1030. The van der Waals surface area contributed by atoms with Crippen LogP contribution in [0, 0.1) is 6.92 Å². The topological polar surface area (TPSA) is 79.2 Å². The number of carbonyl (C=O) groups is 1. The van der Waals surface area contributed by atoms with Crippen LogP contribution in [-0.2, 0) is 24.2 Å². The number of halogens is 3. The van der Waals surface area contributed by atoms with E-state index in [1.54, 1.807) is 17.7 Å². The minimum atomic E-state index is -5.08. The highest BCUT2D eigenvalue weighted by Crippen LogP contribution is 2.27. The molecule has 0 bridgehead atoms. The number of carboxylic acid groups (broad SMARTS) is 1. The smallest absolute Gasteiger partial charge is 0.475 e. The highest BCUT2D eigenvalue weighted by Gasteiger charge is 2.38. The monoisotopic (exact) mass is 450 g/mol. The second kappa shape index (κ2) is 9.97. The first-order valence-corrected chi connectivity index (χ1v) is 10.5. The van der Waals surface area contributed by atoms with Crippen LogP contribution in [0.2, 0.25) is 0 Å². The molecule has 0 atom stereocenters. The molecule has 1 N–H and O–H groups in total. The maximum atomic E-state index is 10.6. The molecule has 1 aliphatic rings. The van der Waals surface area contributed by atoms with E-state index >= 15 is 0 Å². The van der Waals surface area contributed by atoms with Gasteiger partial charge in [-0.3, -0.25) is 9.88 Å². The summed E-state index contributed by atoms with van der Waals surface area (Å²) in [5, 5.41) is 11.4. The van der Waals surface area contributed by atoms with Gasteiger partial charge in [-0.25, -0.2) is 14.8 Å². The Morgan fingerprint density at radius 3 is 2.58 bits per heavy atom. The van der Waals surface area contributed by atoms with E-state index in [9.17, 15) is 13.2 Å². The van der Waals surface area contributed by atoms with Crippen molar-refractivity contribution in [1.29, 1.82) is 0 Å². The standard InChI is InChI=1S/C19H20N4S.C2HF3O2/c1-14-3-2-4-16(22-14)11-23-8-5-17-18(6-9-23)20-13-21-19(17)15-7-10-24-12-15;3-2(4,5)1(6)7/h2-4,7,10,12-13H,5-6,8-9,11H2,1H3;(H,6,7). The lowest BCUT2D eigenvalue weighted by molar-refractivity contribution is -0.192. The molecule has 0 saturated carbocycles. The van der Waals surface area contributed by atoms with E-state index in [2.05, 4.69) is 48.8 Å². The average molecular weight is 450 g/mol. The molecular formula is C21H21F3N4O2S. The Kier molecular flexibility index (Phi) is 7.34. The molecule has 0 aliphatic carbocycles. The van der Waals surface area contributed by atoms with E-state index in [0.717, 1.165) is 49.6 Å². The van der Waals surface area contributed by atoms with E-state index in [1.807, 2.05) is 13.0 Å². The molecule has 31 heavy (non-hydrogen) atoms. The van der Waals surface area contributed by atoms with Crippen molar-refractivity contribution in [1.82, 2.24) is 19.9 Å². The number of aryl methyl sites for hydroxylation is 1. The van der Waals surface area contributed by atoms with Crippen molar-refractivity contribution in [2.45, 2.75) is 32.5 Å². The number of thiophene rings is 1. The average Bonchev–Trinajstić information content (AvgIpc) is 3.17. The molecule has 3 aromatic heterocycles. The third kappa shape index (κ3) is 6.31. The van der Waals surface area contributed by atoms with Gasteiger partial charge < -0.3 is 5.11 Å². The summed E-state index contributed by atoms with van der Waals surface area (Å²) >= 11 is 1.71. The largest absolute Gasteiger partial charge is 0.490 e. The van der Waals surface area contributed by atoms with E-state index in [-0.39, 0.29) is 0 Å². The van der Waals surface area contributed by atoms with Crippen LogP contribution in [-0.4, -0.2) is 50.2 Å². The summed E-state index contributed by atoms with van der Waals surface area (Å²) in [6, 6.07) is 8.39. The lowest BCUT2D eigenvalue weighted by atomic mass is 10.0. The van der Waals surface area contributed by atoms with E-state index in [0.29, 0.717) is 0 Å². The Hall–Kier alpha value is -2.85. The summed E-state index contributed by atoms with van der Waals surface area (Å²) in [7, 11) is 0. The number of carboxylic acids is 1. The van der Waals surface area contributed by atoms with Crippen LogP contribution in [0.15, 0.2) is 41.4 Å². The lowest BCUT2D eigenvalue weighted by Gasteiger charge is -2.19. The van der Waals surface area contributed by atoms with Gasteiger partial charge in [-0.1, -0.05) is 6.07 Å². The molecule has 4 rings (SSSR count). The number of pyridine rings is 1. The second-order valence-electron chi connectivity index (χ2n) is 7.01. The van der Waals surface area contributed by atoms with E-state index < -0.39 is 12.1 Å². The van der Waals surface area contributed by atoms with E-state index in [4.69, 9.17) is 9.90 Å². The Morgan fingerprint density at radius 1 is 1.19 bits per heavy atom. The van der Waals surface area contributed by atoms with Gasteiger partial charge in [0, 0.05) is 53.9 Å². The van der Waals surface area contributed by atoms with Crippen LogP contribution in [0.1, 0.15) is 22.6 Å². The summed E-state index contributed by atoms with van der Waals surface area (Å²) in [5.74, 6) is -2.76. The highest BCUT2D eigenvalue weighted by atomic mass is 32.1. The number of rotatable bonds is 3. The molecule has 0 saturated heterocycles. The molecule has 0 fully saturated rings. The van der Waals surface area contributed by atoms with Gasteiger partial charge in [-0.15, -0.1) is 0 Å². The molecule has 10 heteroatoms. The minimum absolute atomic E-state index is 0.900. The number of fused-ring (bicyclic) bond motifs is 1. The van der Waals surface area contributed by atoms with Gasteiger partial charge in [0.2, 0.25) is 0 Å². The maximum Gasteiger partial charge on any atom is 0.490 e. The molecule has 4 heterocycles. The fourth-order valence-electron chi connectivity index (χ4n) is 3.30. The van der Waals surface area contributed by atoms with Crippen LogP contribution in [0.25, 0.3) is 11.3 Å². The Balaban J connectivity index is 0.000000339. The normalized spacial score (nSPS) is 14.2. The van der Waals surface area contributed by atoms with E-state index in [1.165, 1.54) is 16.8 Å². The van der Waals surface area contributed by atoms with Crippen molar-refractivity contribution in [3.05, 3.63) is 64.0 Å². The van der Waals surface area contributed by atoms with Crippen molar-refractivity contribution < 1.29 is 23.1 Å². The summed E-state index contributed by atoms with van der Waals surface area (Å²) in [5.41, 5.74) is 7.06. The van der Waals surface area contributed by atoms with Gasteiger partial charge in [0.15, 0.2) is 0 Å². The van der Waals surface area contributed by atoms with Crippen molar-refractivity contribution in [2.75, 3.05) is 13.1 Å². The second-order valence-corrected chi connectivity index (χ2v) is 7.79. The van der Waals surface area contributed by atoms with Crippen LogP contribution in [0.3, 0.4) is 0 Å². The molecule has 1 aliphatic heterocycles. The first kappa shape index (κ1) is 22.8. The SMILES string of the molecule is Cc1cccc(CN2CCc3ncnc(-c4ccsc4)c3CC2)n1.O=C(O)C(F)(F)F. The number of nitrogens with zero attached hydrogens (tertiary/aromatic N) is 4. The molecule has 0 aromatic carbocycles. The summed E-state index contributed by atoms with van der Waals surface area (Å²) < 4.78 is 31.7. The number of aromatic nitrogens is 3. The molecule has 0 spiro atoms. The van der Waals surface area contributed by atoms with Crippen molar-refractivity contribution in [2.24, 2.45) is 0 Å². The molecular weight excluding hydrogens is 429 g/mol. The van der Waals surface area contributed by atoms with Gasteiger partial charge in [-0.05, 0) is 36.9 Å². The molecule has 0 unspecified atom stereocenters. The van der Waals surface area contributed by atoms with Crippen LogP contribution < -0.4 is 0 Å². The van der Waals surface area contributed by atoms with Gasteiger partial charge in [0.05, 0.1) is 11.4 Å². The lowest BCUT2D eigenvalue weighted by Crippen LogP contribution is -2.26. The number of hydrogen-bond acceptors (Lipinski definition) is 6.